The Morgan fingerprint density at radius 1 is 1.11 bits per heavy atom. The van der Waals surface area contributed by atoms with E-state index in [9.17, 15) is 23.7 Å². The zero-order valence-corrected chi connectivity index (χ0v) is 19.2. The Morgan fingerprint density at radius 3 is 2.50 bits per heavy atom. The molecule has 2 aromatic carbocycles. The molecule has 1 fully saturated rings. The number of amides is 1. The molecule has 1 aliphatic rings. The van der Waals surface area contributed by atoms with Crippen LogP contribution in [-0.4, -0.2) is 42.1 Å². The first-order valence-corrected chi connectivity index (χ1v) is 11.1. The first kappa shape index (κ1) is 24.8. The van der Waals surface area contributed by atoms with Gasteiger partial charge in [-0.1, -0.05) is 0 Å². The van der Waals surface area contributed by atoms with E-state index in [1.165, 1.54) is 24.4 Å². The van der Waals surface area contributed by atoms with Crippen LogP contribution in [-0.2, 0) is 22.5 Å². The number of ether oxygens (including phenoxy) is 1. The van der Waals surface area contributed by atoms with E-state index in [1.807, 2.05) is 0 Å². The van der Waals surface area contributed by atoms with Gasteiger partial charge in [0.05, 0.1) is 24.6 Å². The number of nitrogens with zero attached hydrogens (tertiary/aromatic N) is 3. The van der Waals surface area contributed by atoms with Crippen LogP contribution in [0.25, 0.3) is 0 Å². The van der Waals surface area contributed by atoms with Gasteiger partial charge in [0.1, 0.15) is 23.1 Å². The molecule has 10 nitrogen and oxygen atoms in total. The Morgan fingerprint density at radius 2 is 1.83 bits per heavy atom. The molecular formula is C24H24F2N6O4. The molecule has 1 amide bonds. The highest BCUT2D eigenvalue weighted by Crippen LogP contribution is 2.33. The highest BCUT2D eigenvalue weighted by molar-refractivity contribution is 5.80. The van der Waals surface area contributed by atoms with Gasteiger partial charge in [0.25, 0.3) is 5.69 Å². The number of carbonyl (C=O) groups is 1. The fraction of sp³-hybridized carbons (Fsp3) is 0.250. The number of rotatable bonds is 9. The Hall–Kier alpha value is -4.32. The molecule has 0 spiro atoms. The number of primary amides is 1. The number of nitro groups is 1. The van der Waals surface area contributed by atoms with E-state index in [4.69, 9.17) is 10.5 Å². The van der Waals surface area contributed by atoms with Crippen molar-refractivity contribution in [3.05, 3.63) is 81.5 Å². The van der Waals surface area contributed by atoms with E-state index in [2.05, 4.69) is 20.5 Å². The van der Waals surface area contributed by atoms with Crippen molar-refractivity contribution in [1.29, 1.82) is 0 Å². The Bertz CT molecular complexity index is 1260. The average Bonchev–Trinajstić information content (AvgIpc) is 2.83. The summed E-state index contributed by atoms with van der Waals surface area (Å²) >= 11 is 0. The highest BCUT2D eigenvalue weighted by atomic mass is 19.1. The van der Waals surface area contributed by atoms with Crippen molar-refractivity contribution in [2.75, 3.05) is 41.8 Å². The number of nitrogens with two attached hydrogens (primary N) is 1. The Kier molecular flexibility index (Phi) is 7.54. The lowest BCUT2D eigenvalue weighted by molar-refractivity contribution is -0.383. The third-order valence-electron chi connectivity index (χ3n) is 5.57. The van der Waals surface area contributed by atoms with Crippen molar-refractivity contribution >= 4 is 34.5 Å². The van der Waals surface area contributed by atoms with Gasteiger partial charge in [0.15, 0.2) is 0 Å². The number of pyridine rings is 1. The fourth-order valence-corrected chi connectivity index (χ4v) is 3.90. The largest absolute Gasteiger partial charge is 0.381 e. The summed E-state index contributed by atoms with van der Waals surface area (Å²) in [7, 11) is 0. The number of halogens is 2. The summed E-state index contributed by atoms with van der Waals surface area (Å²) in [4.78, 5) is 29.0. The second kappa shape index (κ2) is 11.0. The van der Waals surface area contributed by atoms with Gasteiger partial charge in [-0.15, -0.1) is 0 Å². The van der Waals surface area contributed by atoms with E-state index < -0.39 is 22.5 Å². The SMILES string of the molecule is NC(=O)Cc1cnc(Nc2cc(N3CCOCC3)ccc2[N+](=O)[O-])cc1NCc1cc(F)cc(F)c1. The summed E-state index contributed by atoms with van der Waals surface area (Å²) in [5, 5.41) is 17.7. The average molecular weight is 498 g/mol. The number of aromatic nitrogens is 1. The molecule has 1 saturated heterocycles. The molecule has 0 unspecified atom stereocenters. The zero-order chi connectivity index (χ0) is 25.7. The van der Waals surface area contributed by atoms with Gasteiger partial charge in [-0.05, 0) is 29.8 Å². The third kappa shape index (κ3) is 6.21. The van der Waals surface area contributed by atoms with E-state index in [-0.39, 0.29) is 30.2 Å². The Labute approximate surface area is 205 Å². The van der Waals surface area contributed by atoms with Crippen molar-refractivity contribution in [2.24, 2.45) is 5.73 Å². The first-order chi connectivity index (χ1) is 17.3. The maximum Gasteiger partial charge on any atom is 0.292 e. The molecule has 0 radical (unpaired) electrons. The van der Waals surface area contributed by atoms with Crippen molar-refractivity contribution in [3.8, 4) is 0 Å². The zero-order valence-electron chi connectivity index (χ0n) is 19.2. The van der Waals surface area contributed by atoms with E-state index >= 15 is 0 Å². The Balaban J connectivity index is 1.62. The van der Waals surface area contributed by atoms with Gasteiger partial charge in [-0.3, -0.25) is 14.9 Å². The lowest BCUT2D eigenvalue weighted by Crippen LogP contribution is -2.36. The van der Waals surface area contributed by atoms with Crippen LogP contribution in [0.4, 0.5) is 37.3 Å². The van der Waals surface area contributed by atoms with Crippen LogP contribution in [0.5, 0.6) is 0 Å². The van der Waals surface area contributed by atoms with Crippen LogP contribution < -0.4 is 21.3 Å². The van der Waals surface area contributed by atoms with E-state index in [0.717, 1.165) is 11.8 Å². The summed E-state index contributed by atoms with van der Waals surface area (Å²) in [6.07, 6.45) is 1.29. The summed E-state index contributed by atoms with van der Waals surface area (Å²) in [5.74, 6) is -1.76. The topological polar surface area (TPSA) is 136 Å². The molecule has 12 heteroatoms. The molecule has 3 aromatic rings. The van der Waals surface area contributed by atoms with Crippen molar-refractivity contribution < 1.29 is 23.2 Å². The molecule has 2 heterocycles. The van der Waals surface area contributed by atoms with Gasteiger partial charge in [-0.25, -0.2) is 13.8 Å². The molecule has 1 aromatic heterocycles. The first-order valence-electron chi connectivity index (χ1n) is 11.1. The van der Waals surface area contributed by atoms with Crippen LogP contribution in [0.15, 0.2) is 48.7 Å². The van der Waals surface area contributed by atoms with Gasteiger partial charge in [0.2, 0.25) is 5.91 Å². The van der Waals surface area contributed by atoms with Crippen LogP contribution >= 0.6 is 0 Å². The quantitative estimate of drug-likeness (QED) is 0.301. The minimum atomic E-state index is -0.714. The molecule has 0 aliphatic carbocycles. The number of nitro benzene ring substituents is 1. The minimum Gasteiger partial charge on any atom is -0.381 e. The number of nitrogens with one attached hydrogen (secondary N) is 2. The number of benzene rings is 2. The predicted molar refractivity (Wildman–Crippen MR) is 130 cm³/mol. The molecule has 4 N–H and O–H groups in total. The molecule has 188 valence electrons. The molecule has 1 aliphatic heterocycles. The summed E-state index contributed by atoms with van der Waals surface area (Å²) in [5.41, 5.74) is 7.47. The van der Waals surface area contributed by atoms with Gasteiger partial charge in [0, 0.05) is 61.0 Å². The standard InChI is InChI=1S/C24H24F2N6O4/c25-17-7-15(8-18(26)10-17)13-28-20-12-24(29-14-16(20)9-23(27)33)30-21-11-19(1-2-22(21)32(34)35)31-3-5-36-6-4-31/h1-2,7-8,10-12,14H,3-6,9,13H2,(H2,27,33)(H2,28,29,30). The number of anilines is 4. The molecule has 0 bridgehead atoms. The lowest BCUT2D eigenvalue weighted by Gasteiger charge is -2.29. The van der Waals surface area contributed by atoms with Crippen molar-refractivity contribution in [1.82, 2.24) is 4.98 Å². The van der Waals surface area contributed by atoms with Crippen LogP contribution in [0.2, 0.25) is 0 Å². The molecule has 36 heavy (non-hydrogen) atoms. The monoisotopic (exact) mass is 498 g/mol. The maximum atomic E-state index is 13.6. The van der Waals surface area contributed by atoms with Gasteiger partial charge < -0.3 is 26.0 Å². The summed E-state index contributed by atoms with van der Waals surface area (Å²) in [6, 6.07) is 9.48. The summed E-state index contributed by atoms with van der Waals surface area (Å²) in [6.45, 7) is 2.49. The number of carbonyl (C=O) groups excluding carboxylic acids is 1. The summed E-state index contributed by atoms with van der Waals surface area (Å²) < 4.78 is 32.5. The second-order valence-corrected chi connectivity index (χ2v) is 8.18. The van der Waals surface area contributed by atoms with Crippen LogP contribution in [0.3, 0.4) is 0 Å². The van der Waals surface area contributed by atoms with Crippen molar-refractivity contribution in [2.45, 2.75) is 13.0 Å². The van der Waals surface area contributed by atoms with Gasteiger partial charge >= 0.3 is 0 Å². The molecular weight excluding hydrogens is 474 g/mol. The van der Waals surface area contributed by atoms with Gasteiger partial charge in [-0.2, -0.15) is 0 Å². The lowest BCUT2D eigenvalue weighted by atomic mass is 10.1. The third-order valence-corrected chi connectivity index (χ3v) is 5.57. The number of morpholine rings is 1. The second-order valence-electron chi connectivity index (χ2n) is 8.18. The number of hydrogen-bond acceptors (Lipinski definition) is 8. The predicted octanol–water partition coefficient (Wildman–Crippen LogP) is 3.49. The van der Waals surface area contributed by atoms with E-state index in [0.29, 0.717) is 43.1 Å². The maximum absolute atomic E-state index is 13.6. The van der Waals surface area contributed by atoms with E-state index in [1.54, 1.807) is 18.2 Å². The normalized spacial score (nSPS) is 13.3. The molecule has 0 atom stereocenters. The van der Waals surface area contributed by atoms with Crippen LogP contribution in [0.1, 0.15) is 11.1 Å². The van der Waals surface area contributed by atoms with Crippen molar-refractivity contribution in [3.63, 3.8) is 0 Å². The van der Waals surface area contributed by atoms with Crippen LogP contribution in [0, 0.1) is 21.7 Å². The smallest absolute Gasteiger partial charge is 0.292 e. The number of hydrogen-bond donors (Lipinski definition) is 3. The minimum absolute atomic E-state index is 0.0521. The molecule has 4 rings (SSSR count). The molecule has 0 saturated carbocycles. The highest BCUT2D eigenvalue weighted by Gasteiger charge is 2.19. The fourth-order valence-electron chi connectivity index (χ4n) is 3.90.